The monoisotopic (exact) mass is 237 g/mol. The molecule has 0 aromatic carbocycles. The van der Waals surface area contributed by atoms with Crippen molar-refractivity contribution in [3.05, 3.63) is 0 Å². The van der Waals surface area contributed by atoms with Crippen molar-refractivity contribution in [2.75, 3.05) is 18.5 Å². The molecular weight excluding hydrogens is 226 g/mol. The summed E-state index contributed by atoms with van der Waals surface area (Å²) in [5.74, 6) is -0.697. The molecule has 0 saturated carbocycles. The molecule has 4 nitrogen and oxygen atoms in total. The molecule has 0 fully saturated rings. The molecule has 0 radical (unpaired) electrons. The Morgan fingerprint density at radius 2 is 2.17 bits per heavy atom. The van der Waals surface area contributed by atoms with Crippen molar-refractivity contribution in [3.8, 4) is 0 Å². The van der Waals surface area contributed by atoms with Gasteiger partial charge >= 0.3 is 5.97 Å². The molecule has 70 valence electrons. The first kappa shape index (κ1) is 11.4. The lowest BCUT2D eigenvalue weighted by atomic mass is 10.5. The van der Waals surface area contributed by atoms with E-state index < -0.39 is 5.97 Å². The smallest absolute Gasteiger partial charge is 0.303 e. The first-order valence-electron chi connectivity index (χ1n) is 3.63. The minimum absolute atomic E-state index is 0.183. The van der Waals surface area contributed by atoms with Gasteiger partial charge in [0.05, 0.1) is 0 Å². The van der Waals surface area contributed by atoms with E-state index in [0.717, 1.165) is 11.8 Å². The highest BCUT2D eigenvalue weighted by molar-refractivity contribution is 9.09. The zero-order valence-electron chi connectivity index (χ0n) is 6.93. The molecule has 0 unspecified atom stereocenters. The van der Waals surface area contributed by atoms with Gasteiger partial charge in [0.15, 0.2) is 6.61 Å². The molecule has 0 aromatic rings. The summed E-state index contributed by atoms with van der Waals surface area (Å²) in [6.07, 6.45) is 0.867. The van der Waals surface area contributed by atoms with Gasteiger partial charge in [-0.3, -0.25) is 9.59 Å². The van der Waals surface area contributed by atoms with Crippen molar-refractivity contribution in [1.29, 1.82) is 0 Å². The number of rotatable bonds is 5. The third-order valence-corrected chi connectivity index (χ3v) is 1.60. The largest absolute Gasteiger partial charge is 0.456 e. The fourth-order valence-corrected chi connectivity index (χ4v) is 0.793. The SMILES string of the molecule is CC(=O)OCC(=O)NCCCBr. The summed E-state index contributed by atoms with van der Waals surface area (Å²) in [5, 5.41) is 3.44. The summed E-state index contributed by atoms with van der Waals surface area (Å²) < 4.78 is 4.47. The molecule has 0 aliphatic rings. The van der Waals surface area contributed by atoms with E-state index in [2.05, 4.69) is 26.0 Å². The fraction of sp³-hybridized carbons (Fsp3) is 0.714. The van der Waals surface area contributed by atoms with E-state index in [0.29, 0.717) is 6.54 Å². The molecule has 0 atom stereocenters. The molecule has 0 aliphatic carbocycles. The van der Waals surface area contributed by atoms with Crippen LogP contribution in [0, 0.1) is 0 Å². The second-order valence-electron chi connectivity index (χ2n) is 2.17. The summed E-state index contributed by atoms with van der Waals surface area (Å²) >= 11 is 3.23. The van der Waals surface area contributed by atoms with Crippen molar-refractivity contribution in [2.45, 2.75) is 13.3 Å². The molecular formula is C7H12BrNO3. The number of hydrogen-bond acceptors (Lipinski definition) is 3. The van der Waals surface area contributed by atoms with Gasteiger partial charge in [-0.2, -0.15) is 0 Å². The van der Waals surface area contributed by atoms with E-state index in [-0.39, 0.29) is 12.5 Å². The quantitative estimate of drug-likeness (QED) is 0.430. The van der Waals surface area contributed by atoms with E-state index in [1.54, 1.807) is 0 Å². The van der Waals surface area contributed by atoms with Crippen LogP contribution in [0.1, 0.15) is 13.3 Å². The molecule has 5 heteroatoms. The molecule has 0 spiro atoms. The van der Waals surface area contributed by atoms with Crippen LogP contribution >= 0.6 is 15.9 Å². The predicted octanol–water partition coefficient (Wildman–Crippen LogP) is 0.451. The first-order valence-corrected chi connectivity index (χ1v) is 4.75. The highest BCUT2D eigenvalue weighted by Crippen LogP contribution is 1.84. The second kappa shape index (κ2) is 7.09. The second-order valence-corrected chi connectivity index (χ2v) is 2.97. The number of ether oxygens (including phenoxy) is 1. The summed E-state index contributed by atoms with van der Waals surface area (Å²) in [4.78, 5) is 21.1. The predicted molar refractivity (Wildman–Crippen MR) is 48.1 cm³/mol. The number of carbonyl (C=O) groups excluding carboxylic acids is 2. The van der Waals surface area contributed by atoms with Crippen molar-refractivity contribution in [1.82, 2.24) is 5.32 Å². The van der Waals surface area contributed by atoms with Gasteiger partial charge in [0, 0.05) is 18.8 Å². The zero-order valence-corrected chi connectivity index (χ0v) is 8.52. The van der Waals surface area contributed by atoms with Gasteiger partial charge in [0.25, 0.3) is 5.91 Å². The highest BCUT2D eigenvalue weighted by atomic mass is 79.9. The lowest BCUT2D eigenvalue weighted by Gasteiger charge is -2.03. The normalized spacial score (nSPS) is 9.17. The van der Waals surface area contributed by atoms with Crippen LogP contribution in [0.5, 0.6) is 0 Å². The number of hydrogen-bond donors (Lipinski definition) is 1. The summed E-state index contributed by atoms with van der Waals surface area (Å²) in [5.41, 5.74) is 0. The van der Waals surface area contributed by atoms with Crippen LogP contribution in [0.4, 0.5) is 0 Å². The van der Waals surface area contributed by atoms with Gasteiger partial charge in [-0.1, -0.05) is 15.9 Å². The molecule has 0 aromatic heterocycles. The number of halogens is 1. The van der Waals surface area contributed by atoms with Gasteiger partial charge in [-0.15, -0.1) is 0 Å². The molecule has 0 rings (SSSR count). The third kappa shape index (κ3) is 7.53. The molecule has 12 heavy (non-hydrogen) atoms. The van der Waals surface area contributed by atoms with Crippen LogP contribution in [0.2, 0.25) is 0 Å². The molecule has 0 heterocycles. The molecule has 0 aliphatic heterocycles. The van der Waals surface area contributed by atoms with E-state index in [4.69, 9.17) is 0 Å². The Hall–Kier alpha value is -0.580. The fourth-order valence-electron chi connectivity index (χ4n) is 0.513. The molecule has 0 bridgehead atoms. The van der Waals surface area contributed by atoms with Gasteiger partial charge < -0.3 is 10.1 Å². The van der Waals surface area contributed by atoms with Crippen LogP contribution < -0.4 is 5.32 Å². The van der Waals surface area contributed by atoms with Crippen molar-refractivity contribution in [3.63, 3.8) is 0 Å². The maximum absolute atomic E-state index is 10.8. The maximum atomic E-state index is 10.8. The van der Waals surface area contributed by atoms with Gasteiger partial charge in [-0.05, 0) is 6.42 Å². The van der Waals surface area contributed by atoms with Gasteiger partial charge in [0.1, 0.15) is 0 Å². The minimum atomic E-state index is -0.439. The Bertz CT molecular complexity index is 161. The third-order valence-electron chi connectivity index (χ3n) is 1.04. The highest BCUT2D eigenvalue weighted by Gasteiger charge is 2.01. The van der Waals surface area contributed by atoms with E-state index in [1.165, 1.54) is 6.92 Å². The average Bonchev–Trinajstić information content (AvgIpc) is 2.01. The average molecular weight is 238 g/mol. The summed E-state index contributed by atoms with van der Waals surface area (Å²) in [7, 11) is 0. The maximum Gasteiger partial charge on any atom is 0.303 e. The van der Waals surface area contributed by atoms with E-state index >= 15 is 0 Å². The van der Waals surface area contributed by atoms with Crippen molar-refractivity contribution < 1.29 is 14.3 Å². The Labute approximate surface area is 79.8 Å². The number of amides is 1. The Morgan fingerprint density at radius 1 is 1.50 bits per heavy atom. The molecule has 1 amide bonds. The number of alkyl halides is 1. The topological polar surface area (TPSA) is 55.4 Å². The van der Waals surface area contributed by atoms with Gasteiger partial charge in [0.2, 0.25) is 0 Å². The number of nitrogens with one attached hydrogen (secondary N) is 1. The molecule has 1 N–H and O–H groups in total. The summed E-state index contributed by atoms with van der Waals surface area (Å²) in [6, 6.07) is 0. The Balaban J connectivity index is 3.28. The standard InChI is InChI=1S/C7H12BrNO3/c1-6(10)12-5-7(11)9-4-2-3-8/h2-5H2,1H3,(H,9,11). The van der Waals surface area contributed by atoms with E-state index in [9.17, 15) is 9.59 Å². The van der Waals surface area contributed by atoms with Crippen LogP contribution in [-0.4, -0.2) is 30.4 Å². The van der Waals surface area contributed by atoms with Crippen LogP contribution in [0.15, 0.2) is 0 Å². The minimum Gasteiger partial charge on any atom is -0.456 e. The van der Waals surface area contributed by atoms with Crippen molar-refractivity contribution in [2.24, 2.45) is 0 Å². The lowest BCUT2D eigenvalue weighted by Crippen LogP contribution is -2.29. The number of esters is 1. The lowest BCUT2D eigenvalue weighted by molar-refractivity contribution is -0.146. The Kier molecular flexibility index (Phi) is 6.75. The van der Waals surface area contributed by atoms with E-state index in [1.807, 2.05) is 0 Å². The molecule has 0 saturated heterocycles. The zero-order chi connectivity index (χ0) is 9.40. The summed E-state index contributed by atoms with van der Waals surface area (Å²) in [6.45, 7) is 1.69. The first-order chi connectivity index (χ1) is 5.66. The van der Waals surface area contributed by atoms with Crippen LogP contribution in [0.3, 0.4) is 0 Å². The Morgan fingerprint density at radius 3 is 2.67 bits per heavy atom. The van der Waals surface area contributed by atoms with Crippen LogP contribution in [-0.2, 0) is 14.3 Å². The van der Waals surface area contributed by atoms with Crippen LogP contribution in [0.25, 0.3) is 0 Å². The van der Waals surface area contributed by atoms with Gasteiger partial charge in [-0.25, -0.2) is 0 Å². The van der Waals surface area contributed by atoms with Crippen molar-refractivity contribution >= 4 is 27.8 Å². The number of carbonyl (C=O) groups is 2.